The van der Waals surface area contributed by atoms with Gasteiger partial charge in [-0.1, -0.05) is 30.3 Å². The van der Waals surface area contributed by atoms with Crippen molar-refractivity contribution in [2.75, 3.05) is 12.5 Å². The molecule has 1 aromatic carbocycles. The van der Waals surface area contributed by atoms with Crippen molar-refractivity contribution in [3.8, 4) is 0 Å². The summed E-state index contributed by atoms with van der Waals surface area (Å²) in [4.78, 5) is 0. The molecule has 0 N–H and O–H groups in total. The Morgan fingerprint density at radius 2 is 1.79 bits per heavy atom. The minimum atomic E-state index is 0.724. The zero-order chi connectivity index (χ0) is 10.1. The second-order valence-electron chi connectivity index (χ2n) is 3.29. The first kappa shape index (κ1) is 11.5. The van der Waals surface area contributed by atoms with Crippen LogP contribution in [0.5, 0.6) is 0 Å². The molecule has 0 aliphatic heterocycles. The Morgan fingerprint density at radius 3 is 2.50 bits per heavy atom. The van der Waals surface area contributed by atoms with Crippen LogP contribution in [0.25, 0.3) is 0 Å². The fourth-order valence-electron chi connectivity index (χ4n) is 1.24. The molecule has 1 aromatic rings. The smallest absolute Gasteiger partial charge is 0.0716 e. The van der Waals surface area contributed by atoms with Gasteiger partial charge in [0.05, 0.1) is 6.61 Å². The lowest BCUT2D eigenvalue weighted by Crippen LogP contribution is -1.95. The highest BCUT2D eigenvalue weighted by Gasteiger charge is 1.91. The Hall–Kier alpha value is -0.530. The van der Waals surface area contributed by atoms with Crippen LogP contribution >= 0.6 is 11.6 Å². The first-order chi connectivity index (χ1) is 6.93. The third-order valence-corrected chi connectivity index (χ3v) is 2.30. The molecule has 14 heavy (non-hydrogen) atoms. The Kier molecular flexibility index (Phi) is 6.46. The van der Waals surface area contributed by atoms with Gasteiger partial charge in [-0.05, 0) is 24.8 Å². The van der Waals surface area contributed by atoms with Gasteiger partial charge in [-0.15, -0.1) is 11.6 Å². The maximum Gasteiger partial charge on any atom is 0.0716 e. The molecule has 0 unspecified atom stereocenters. The monoisotopic (exact) mass is 212 g/mol. The molecular formula is C12H17ClO. The summed E-state index contributed by atoms with van der Waals surface area (Å²) in [6.45, 7) is 1.56. The van der Waals surface area contributed by atoms with E-state index in [0.717, 1.165) is 38.4 Å². The molecule has 0 amide bonds. The number of benzene rings is 1. The summed E-state index contributed by atoms with van der Waals surface area (Å²) in [6, 6.07) is 10.2. The minimum absolute atomic E-state index is 0.724. The van der Waals surface area contributed by atoms with Crippen LogP contribution in [-0.4, -0.2) is 12.5 Å². The summed E-state index contributed by atoms with van der Waals surface area (Å²) in [5.41, 5.74) is 1.24. The van der Waals surface area contributed by atoms with E-state index in [9.17, 15) is 0 Å². The van der Waals surface area contributed by atoms with Crippen molar-refractivity contribution < 1.29 is 4.74 Å². The van der Waals surface area contributed by atoms with Gasteiger partial charge in [-0.25, -0.2) is 0 Å². The number of hydrogen-bond donors (Lipinski definition) is 0. The van der Waals surface area contributed by atoms with Gasteiger partial charge in [0, 0.05) is 12.5 Å². The summed E-state index contributed by atoms with van der Waals surface area (Å²) < 4.78 is 5.52. The lowest BCUT2D eigenvalue weighted by molar-refractivity contribution is 0.117. The average molecular weight is 213 g/mol. The summed E-state index contributed by atoms with van der Waals surface area (Å²) in [5.74, 6) is 0.763. The van der Waals surface area contributed by atoms with Gasteiger partial charge in [0.15, 0.2) is 0 Å². The van der Waals surface area contributed by atoms with Crippen LogP contribution in [0.15, 0.2) is 30.3 Å². The molecule has 0 aliphatic rings. The number of ether oxygens (including phenoxy) is 1. The predicted molar refractivity (Wildman–Crippen MR) is 60.7 cm³/mol. The molecule has 0 radical (unpaired) electrons. The Morgan fingerprint density at radius 1 is 1.00 bits per heavy atom. The van der Waals surface area contributed by atoms with Crippen molar-refractivity contribution in [3.05, 3.63) is 35.9 Å². The van der Waals surface area contributed by atoms with Crippen LogP contribution < -0.4 is 0 Å². The molecule has 0 fully saturated rings. The first-order valence-corrected chi connectivity index (χ1v) is 5.64. The molecule has 0 bridgehead atoms. The standard InChI is InChI=1S/C12H17ClO/c13-9-5-2-6-10-14-11-12-7-3-1-4-8-12/h1,3-4,7-8H,2,5-6,9-11H2. The van der Waals surface area contributed by atoms with Gasteiger partial charge in [0.25, 0.3) is 0 Å². The quantitative estimate of drug-likeness (QED) is 0.496. The number of unbranched alkanes of at least 4 members (excludes halogenated alkanes) is 2. The van der Waals surface area contributed by atoms with Gasteiger partial charge in [-0.2, -0.15) is 0 Å². The van der Waals surface area contributed by atoms with Gasteiger partial charge < -0.3 is 4.74 Å². The summed E-state index contributed by atoms with van der Waals surface area (Å²) in [7, 11) is 0. The van der Waals surface area contributed by atoms with Crippen LogP contribution in [-0.2, 0) is 11.3 Å². The van der Waals surface area contributed by atoms with Crippen molar-refractivity contribution in [1.82, 2.24) is 0 Å². The molecule has 1 nitrogen and oxygen atoms in total. The van der Waals surface area contributed by atoms with E-state index in [1.165, 1.54) is 5.56 Å². The van der Waals surface area contributed by atoms with E-state index < -0.39 is 0 Å². The largest absolute Gasteiger partial charge is 0.377 e. The summed E-state index contributed by atoms with van der Waals surface area (Å²) in [5, 5.41) is 0. The number of rotatable bonds is 7. The van der Waals surface area contributed by atoms with Crippen molar-refractivity contribution in [1.29, 1.82) is 0 Å². The fraction of sp³-hybridized carbons (Fsp3) is 0.500. The van der Waals surface area contributed by atoms with E-state index >= 15 is 0 Å². The van der Waals surface area contributed by atoms with E-state index in [-0.39, 0.29) is 0 Å². The van der Waals surface area contributed by atoms with E-state index in [1.807, 2.05) is 18.2 Å². The van der Waals surface area contributed by atoms with Crippen molar-refractivity contribution in [3.63, 3.8) is 0 Å². The first-order valence-electron chi connectivity index (χ1n) is 5.11. The summed E-state index contributed by atoms with van der Waals surface area (Å²) in [6.07, 6.45) is 3.37. The maximum atomic E-state index is 5.57. The van der Waals surface area contributed by atoms with E-state index in [2.05, 4.69) is 12.1 Å². The molecule has 0 spiro atoms. The van der Waals surface area contributed by atoms with Gasteiger partial charge in [0.2, 0.25) is 0 Å². The molecule has 2 heteroatoms. The average Bonchev–Trinajstić information content (AvgIpc) is 2.25. The predicted octanol–water partition coefficient (Wildman–Crippen LogP) is 3.61. The van der Waals surface area contributed by atoms with Gasteiger partial charge >= 0.3 is 0 Å². The third kappa shape index (κ3) is 5.25. The third-order valence-electron chi connectivity index (χ3n) is 2.03. The molecule has 0 saturated heterocycles. The Labute approximate surface area is 91.0 Å². The molecule has 0 aliphatic carbocycles. The zero-order valence-corrected chi connectivity index (χ0v) is 9.17. The fourth-order valence-corrected chi connectivity index (χ4v) is 1.43. The van der Waals surface area contributed by atoms with Crippen LogP contribution in [0.2, 0.25) is 0 Å². The summed E-state index contributed by atoms with van der Waals surface area (Å²) >= 11 is 5.57. The second-order valence-corrected chi connectivity index (χ2v) is 3.67. The molecular weight excluding hydrogens is 196 g/mol. The molecule has 0 heterocycles. The topological polar surface area (TPSA) is 9.23 Å². The Balaban J connectivity index is 1.99. The minimum Gasteiger partial charge on any atom is -0.377 e. The Bertz CT molecular complexity index is 223. The zero-order valence-electron chi connectivity index (χ0n) is 8.42. The lowest BCUT2D eigenvalue weighted by atomic mass is 10.2. The highest BCUT2D eigenvalue weighted by molar-refractivity contribution is 6.17. The lowest BCUT2D eigenvalue weighted by Gasteiger charge is -2.03. The van der Waals surface area contributed by atoms with Crippen LogP contribution in [0.4, 0.5) is 0 Å². The van der Waals surface area contributed by atoms with E-state index in [0.29, 0.717) is 0 Å². The molecule has 0 aromatic heterocycles. The van der Waals surface area contributed by atoms with Crippen molar-refractivity contribution in [2.45, 2.75) is 25.9 Å². The molecule has 78 valence electrons. The van der Waals surface area contributed by atoms with Crippen molar-refractivity contribution in [2.24, 2.45) is 0 Å². The van der Waals surface area contributed by atoms with Crippen LogP contribution in [0.1, 0.15) is 24.8 Å². The van der Waals surface area contributed by atoms with E-state index in [1.54, 1.807) is 0 Å². The number of hydrogen-bond acceptors (Lipinski definition) is 1. The number of halogens is 1. The second kappa shape index (κ2) is 7.84. The maximum absolute atomic E-state index is 5.57. The van der Waals surface area contributed by atoms with Crippen LogP contribution in [0, 0.1) is 0 Å². The number of alkyl halides is 1. The molecule has 0 atom stereocenters. The molecule has 0 saturated carbocycles. The van der Waals surface area contributed by atoms with E-state index in [4.69, 9.17) is 16.3 Å². The molecule has 1 rings (SSSR count). The highest BCUT2D eigenvalue weighted by Crippen LogP contribution is 2.02. The van der Waals surface area contributed by atoms with Gasteiger partial charge in [-0.3, -0.25) is 0 Å². The highest BCUT2D eigenvalue weighted by atomic mass is 35.5. The van der Waals surface area contributed by atoms with Crippen LogP contribution in [0.3, 0.4) is 0 Å². The van der Waals surface area contributed by atoms with Gasteiger partial charge in [0.1, 0.15) is 0 Å². The van der Waals surface area contributed by atoms with Crippen molar-refractivity contribution >= 4 is 11.6 Å². The SMILES string of the molecule is ClCCCCCOCc1ccccc1. The normalized spacial score (nSPS) is 10.4.